The van der Waals surface area contributed by atoms with Crippen LogP contribution in [-0.2, 0) is 13.5 Å². The second kappa shape index (κ2) is 5.93. The van der Waals surface area contributed by atoms with Crippen LogP contribution in [0.3, 0.4) is 0 Å². The Morgan fingerprint density at radius 1 is 1.41 bits per heavy atom. The second-order valence-electron chi connectivity index (χ2n) is 5.34. The van der Waals surface area contributed by atoms with Gasteiger partial charge < -0.3 is 15.6 Å². The zero-order valence-corrected chi connectivity index (χ0v) is 12.7. The molecule has 0 bridgehead atoms. The van der Waals surface area contributed by atoms with E-state index >= 15 is 0 Å². The summed E-state index contributed by atoms with van der Waals surface area (Å²) in [6, 6.07) is 6.02. The molecule has 1 aromatic carbocycles. The molecule has 22 heavy (non-hydrogen) atoms. The normalized spacial score (nSPS) is 10.8. The third kappa shape index (κ3) is 2.95. The summed E-state index contributed by atoms with van der Waals surface area (Å²) in [5.74, 6) is 0. The summed E-state index contributed by atoms with van der Waals surface area (Å²) in [6.45, 7) is 2.66. The van der Waals surface area contributed by atoms with E-state index in [0.717, 1.165) is 11.9 Å². The van der Waals surface area contributed by atoms with Gasteiger partial charge in [0, 0.05) is 36.9 Å². The number of aromatic amines is 1. The van der Waals surface area contributed by atoms with Gasteiger partial charge in [0.1, 0.15) is 0 Å². The molecule has 2 aromatic heterocycles. The van der Waals surface area contributed by atoms with Crippen molar-refractivity contribution in [2.24, 2.45) is 7.05 Å². The van der Waals surface area contributed by atoms with Gasteiger partial charge in [-0.1, -0.05) is 18.2 Å². The highest BCUT2D eigenvalue weighted by atomic mass is 16.2. The lowest BCUT2D eigenvalue weighted by Gasteiger charge is -2.05. The van der Waals surface area contributed by atoms with Crippen molar-refractivity contribution in [2.75, 3.05) is 11.9 Å². The van der Waals surface area contributed by atoms with Gasteiger partial charge in [0.05, 0.1) is 11.9 Å². The lowest BCUT2D eigenvalue weighted by Crippen LogP contribution is -2.30. The summed E-state index contributed by atoms with van der Waals surface area (Å²) in [7, 11) is 1.81. The molecule has 2 amide bonds. The molecule has 0 saturated heterocycles. The number of rotatable bonds is 4. The van der Waals surface area contributed by atoms with E-state index in [4.69, 9.17) is 0 Å². The average molecular weight is 297 g/mol. The first-order valence-corrected chi connectivity index (χ1v) is 7.22. The number of H-pyrrole nitrogens is 1. The lowest BCUT2D eigenvalue weighted by molar-refractivity contribution is 0.252. The van der Waals surface area contributed by atoms with Gasteiger partial charge in [-0.25, -0.2) is 4.79 Å². The molecule has 6 nitrogen and oxygen atoms in total. The highest BCUT2D eigenvalue weighted by Crippen LogP contribution is 2.21. The summed E-state index contributed by atoms with van der Waals surface area (Å²) >= 11 is 0. The summed E-state index contributed by atoms with van der Waals surface area (Å²) < 4.78 is 1.64. The number of urea groups is 1. The van der Waals surface area contributed by atoms with Crippen LogP contribution in [-0.4, -0.2) is 27.3 Å². The minimum atomic E-state index is -0.218. The Morgan fingerprint density at radius 3 is 3.05 bits per heavy atom. The summed E-state index contributed by atoms with van der Waals surface area (Å²) in [5.41, 5.74) is 4.28. The minimum Gasteiger partial charge on any atom is -0.361 e. The SMILES string of the molecule is Cc1cccc2c(CCNC(=O)Nc3cnn(C)c3)c[nH]c12. The molecule has 3 rings (SSSR count). The fourth-order valence-electron chi connectivity index (χ4n) is 2.54. The number of aryl methyl sites for hydroxylation is 2. The van der Waals surface area contributed by atoms with Crippen molar-refractivity contribution < 1.29 is 4.79 Å². The number of fused-ring (bicyclic) bond motifs is 1. The Balaban J connectivity index is 1.56. The van der Waals surface area contributed by atoms with Crippen LogP contribution in [0.25, 0.3) is 10.9 Å². The summed E-state index contributed by atoms with van der Waals surface area (Å²) in [4.78, 5) is 15.1. The van der Waals surface area contributed by atoms with Crippen molar-refractivity contribution >= 4 is 22.6 Å². The first kappa shape index (κ1) is 14.2. The van der Waals surface area contributed by atoms with E-state index in [1.807, 2.05) is 13.2 Å². The predicted octanol–water partition coefficient (Wildman–Crippen LogP) is 2.57. The molecular weight excluding hydrogens is 278 g/mol. The Hall–Kier alpha value is -2.76. The van der Waals surface area contributed by atoms with Gasteiger partial charge in [-0.15, -0.1) is 0 Å². The highest BCUT2D eigenvalue weighted by Gasteiger charge is 2.06. The van der Waals surface area contributed by atoms with Gasteiger partial charge in [0.15, 0.2) is 0 Å². The van der Waals surface area contributed by atoms with Crippen LogP contribution >= 0.6 is 0 Å². The Morgan fingerprint density at radius 2 is 2.27 bits per heavy atom. The number of anilines is 1. The monoisotopic (exact) mass is 297 g/mol. The number of nitrogens with one attached hydrogen (secondary N) is 3. The Labute approximate surface area is 128 Å². The number of nitrogens with zero attached hydrogens (tertiary/aromatic N) is 2. The lowest BCUT2D eigenvalue weighted by atomic mass is 10.1. The highest BCUT2D eigenvalue weighted by molar-refractivity contribution is 5.89. The molecule has 0 radical (unpaired) electrons. The van der Waals surface area contributed by atoms with Crippen LogP contribution in [0.15, 0.2) is 36.8 Å². The molecule has 0 aliphatic rings. The zero-order valence-electron chi connectivity index (χ0n) is 12.7. The number of hydrogen-bond donors (Lipinski definition) is 3. The minimum absolute atomic E-state index is 0.218. The maximum absolute atomic E-state index is 11.8. The van der Waals surface area contributed by atoms with Crippen molar-refractivity contribution in [3.63, 3.8) is 0 Å². The second-order valence-corrected chi connectivity index (χ2v) is 5.34. The van der Waals surface area contributed by atoms with Gasteiger partial charge >= 0.3 is 6.03 Å². The third-order valence-electron chi connectivity index (χ3n) is 3.65. The van der Waals surface area contributed by atoms with Crippen molar-refractivity contribution in [2.45, 2.75) is 13.3 Å². The van der Waals surface area contributed by atoms with Crippen molar-refractivity contribution in [3.05, 3.63) is 47.9 Å². The van der Waals surface area contributed by atoms with E-state index in [9.17, 15) is 4.79 Å². The number of amides is 2. The molecular formula is C16H19N5O. The van der Waals surface area contributed by atoms with Crippen molar-refractivity contribution in [1.82, 2.24) is 20.1 Å². The van der Waals surface area contributed by atoms with Gasteiger partial charge in [0.25, 0.3) is 0 Å². The van der Waals surface area contributed by atoms with Gasteiger partial charge in [-0.3, -0.25) is 4.68 Å². The molecule has 2 heterocycles. The van der Waals surface area contributed by atoms with Crippen LogP contribution in [0.1, 0.15) is 11.1 Å². The van der Waals surface area contributed by atoms with Crippen LogP contribution < -0.4 is 10.6 Å². The number of aromatic nitrogens is 3. The molecule has 0 unspecified atom stereocenters. The van der Waals surface area contributed by atoms with E-state index in [0.29, 0.717) is 12.2 Å². The van der Waals surface area contributed by atoms with E-state index in [2.05, 4.69) is 45.8 Å². The van der Waals surface area contributed by atoms with Crippen molar-refractivity contribution in [3.8, 4) is 0 Å². The number of carbonyl (C=O) groups is 1. The molecule has 0 saturated carbocycles. The fourth-order valence-corrected chi connectivity index (χ4v) is 2.54. The molecule has 0 spiro atoms. The van der Waals surface area contributed by atoms with E-state index in [1.54, 1.807) is 17.1 Å². The zero-order chi connectivity index (χ0) is 15.5. The maximum Gasteiger partial charge on any atom is 0.319 e. The van der Waals surface area contributed by atoms with Gasteiger partial charge in [0.2, 0.25) is 0 Å². The molecule has 3 aromatic rings. The van der Waals surface area contributed by atoms with Crippen LogP contribution in [0, 0.1) is 6.92 Å². The fraction of sp³-hybridized carbons (Fsp3) is 0.250. The topological polar surface area (TPSA) is 74.7 Å². The number of para-hydroxylation sites is 1. The summed E-state index contributed by atoms with van der Waals surface area (Å²) in [6.07, 6.45) is 6.16. The van der Waals surface area contributed by atoms with Gasteiger partial charge in [-0.05, 0) is 24.5 Å². The van der Waals surface area contributed by atoms with E-state index in [-0.39, 0.29) is 6.03 Å². The molecule has 0 atom stereocenters. The number of benzene rings is 1. The quantitative estimate of drug-likeness (QED) is 0.692. The predicted molar refractivity (Wildman–Crippen MR) is 87.0 cm³/mol. The number of carbonyl (C=O) groups excluding carboxylic acids is 1. The van der Waals surface area contributed by atoms with Gasteiger partial charge in [-0.2, -0.15) is 5.10 Å². The summed E-state index contributed by atoms with van der Waals surface area (Å²) in [5, 5.41) is 10.8. The Bertz CT molecular complexity index is 802. The first-order chi connectivity index (χ1) is 10.6. The van der Waals surface area contributed by atoms with Crippen LogP contribution in [0.4, 0.5) is 10.5 Å². The van der Waals surface area contributed by atoms with E-state index < -0.39 is 0 Å². The molecule has 6 heteroatoms. The van der Waals surface area contributed by atoms with Crippen LogP contribution in [0.5, 0.6) is 0 Å². The standard InChI is InChI=1S/C16H19N5O/c1-11-4-3-5-14-12(8-18-15(11)14)6-7-17-16(22)20-13-9-19-21(2)10-13/h3-5,8-10,18H,6-7H2,1-2H3,(H2,17,20,22). The maximum atomic E-state index is 11.8. The average Bonchev–Trinajstić information content (AvgIpc) is 3.07. The molecule has 0 aliphatic heterocycles. The van der Waals surface area contributed by atoms with E-state index in [1.165, 1.54) is 16.5 Å². The molecule has 0 fully saturated rings. The molecule has 0 aliphatic carbocycles. The van der Waals surface area contributed by atoms with Crippen LogP contribution in [0.2, 0.25) is 0 Å². The molecule has 3 N–H and O–H groups in total. The Kier molecular flexibility index (Phi) is 3.82. The largest absolute Gasteiger partial charge is 0.361 e. The third-order valence-corrected chi connectivity index (χ3v) is 3.65. The van der Waals surface area contributed by atoms with Crippen molar-refractivity contribution in [1.29, 1.82) is 0 Å². The first-order valence-electron chi connectivity index (χ1n) is 7.22. The smallest absolute Gasteiger partial charge is 0.319 e. The number of hydrogen-bond acceptors (Lipinski definition) is 2. The molecule has 114 valence electrons.